The zero-order valence-electron chi connectivity index (χ0n) is 13.6. The van der Waals surface area contributed by atoms with E-state index in [2.05, 4.69) is 26.2 Å². The summed E-state index contributed by atoms with van der Waals surface area (Å²) in [5.41, 5.74) is 2.13. The monoisotopic (exact) mass is 400 g/mol. The largest absolute Gasteiger partial charge is 0.451 e. The van der Waals surface area contributed by atoms with Gasteiger partial charge in [0.15, 0.2) is 6.61 Å². The molecule has 1 amide bonds. The van der Waals surface area contributed by atoms with E-state index >= 15 is 0 Å². The number of esters is 1. The fraction of sp³-hybridized carbons (Fsp3) is 0.158. The first-order chi connectivity index (χ1) is 12.0. The third-order valence-corrected chi connectivity index (χ3v) is 4.56. The molecule has 0 bridgehead atoms. The number of amides is 1. The van der Waals surface area contributed by atoms with Crippen molar-refractivity contribution in [2.75, 3.05) is 6.61 Å². The van der Waals surface area contributed by atoms with Gasteiger partial charge in [-0.25, -0.2) is 4.79 Å². The Morgan fingerprint density at radius 1 is 1.16 bits per heavy atom. The molecule has 0 saturated heterocycles. The molecule has 0 aliphatic heterocycles. The lowest BCUT2D eigenvalue weighted by Gasteiger charge is -2.15. The Kier molecular flexibility index (Phi) is 5.19. The lowest BCUT2D eigenvalue weighted by Crippen LogP contribution is -2.31. The maximum absolute atomic E-state index is 12.1. The predicted octanol–water partition coefficient (Wildman–Crippen LogP) is 3.96. The SMILES string of the molecule is C[C@@H](NC(=O)COC(=O)c1cc2ccccc2[nH]1)c1ccccc1Br. The molecule has 0 unspecified atom stereocenters. The zero-order chi connectivity index (χ0) is 17.8. The number of aromatic amines is 1. The van der Waals surface area contributed by atoms with Crippen molar-refractivity contribution >= 4 is 38.7 Å². The third-order valence-electron chi connectivity index (χ3n) is 3.83. The Labute approximate surface area is 153 Å². The molecule has 6 heteroatoms. The topological polar surface area (TPSA) is 71.2 Å². The first-order valence-electron chi connectivity index (χ1n) is 7.83. The van der Waals surface area contributed by atoms with Gasteiger partial charge in [0, 0.05) is 15.4 Å². The minimum absolute atomic E-state index is 0.199. The van der Waals surface area contributed by atoms with Crippen molar-refractivity contribution in [2.24, 2.45) is 0 Å². The van der Waals surface area contributed by atoms with Gasteiger partial charge in [0.1, 0.15) is 5.69 Å². The van der Waals surface area contributed by atoms with E-state index in [1.165, 1.54) is 0 Å². The molecule has 0 saturated carbocycles. The number of benzene rings is 2. The molecule has 0 fully saturated rings. The second-order valence-electron chi connectivity index (χ2n) is 5.66. The van der Waals surface area contributed by atoms with Crippen LogP contribution in [0, 0.1) is 0 Å². The standard InChI is InChI=1S/C19H17BrN2O3/c1-12(14-7-3-4-8-15(14)20)21-18(23)11-25-19(24)17-10-13-6-2-5-9-16(13)22-17/h2-10,12,22H,11H2,1H3,(H,21,23)/t12-/m1/s1. The van der Waals surface area contributed by atoms with Crippen LogP contribution in [0.1, 0.15) is 29.0 Å². The molecule has 0 aliphatic carbocycles. The number of carbonyl (C=O) groups excluding carboxylic acids is 2. The van der Waals surface area contributed by atoms with Crippen LogP contribution in [0.2, 0.25) is 0 Å². The van der Waals surface area contributed by atoms with Crippen molar-refractivity contribution in [3.8, 4) is 0 Å². The van der Waals surface area contributed by atoms with Crippen LogP contribution in [0.25, 0.3) is 10.9 Å². The lowest BCUT2D eigenvalue weighted by atomic mass is 10.1. The van der Waals surface area contributed by atoms with Gasteiger partial charge in [0.2, 0.25) is 0 Å². The fourth-order valence-corrected chi connectivity index (χ4v) is 3.21. The Bertz CT molecular complexity index is 887. The Balaban J connectivity index is 1.56. The minimum atomic E-state index is -0.556. The van der Waals surface area contributed by atoms with Gasteiger partial charge >= 0.3 is 5.97 Å². The number of para-hydroxylation sites is 1. The summed E-state index contributed by atoms with van der Waals surface area (Å²) in [6, 6.07) is 16.7. The predicted molar refractivity (Wildman–Crippen MR) is 99.3 cm³/mol. The smallest absolute Gasteiger partial charge is 0.355 e. The number of ether oxygens (including phenoxy) is 1. The molecule has 2 N–H and O–H groups in total. The second-order valence-corrected chi connectivity index (χ2v) is 6.51. The molecule has 1 heterocycles. The number of hydrogen-bond acceptors (Lipinski definition) is 3. The van der Waals surface area contributed by atoms with Crippen molar-refractivity contribution in [3.05, 3.63) is 70.3 Å². The second kappa shape index (κ2) is 7.53. The first kappa shape index (κ1) is 17.2. The molecule has 1 aromatic heterocycles. The minimum Gasteiger partial charge on any atom is -0.451 e. The van der Waals surface area contributed by atoms with Gasteiger partial charge in [-0.15, -0.1) is 0 Å². The van der Waals surface area contributed by atoms with E-state index in [-0.39, 0.29) is 18.6 Å². The summed E-state index contributed by atoms with van der Waals surface area (Å²) in [4.78, 5) is 27.1. The van der Waals surface area contributed by atoms with E-state index in [4.69, 9.17) is 4.74 Å². The number of hydrogen-bond donors (Lipinski definition) is 2. The van der Waals surface area contributed by atoms with Gasteiger partial charge in [-0.2, -0.15) is 0 Å². The van der Waals surface area contributed by atoms with Crippen LogP contribution in [0.3, 0.4) is 0 Å². The van der Waals surface area contributed by atoms with Gasteiger partial charge < -0.3 is 15.0 Å². The van der Waals surface area contributed by atoms with E-state index in [1.807, 2.05) is 55.5 Å². The fourth-order valence-electron chi connectivity index (χ4n) is 2.58. The van der Waals surface area contributed by atoms with Gasteiger partial charge in [0.25, 0.3) is 5.91 Å². The normalized spacial score (nSPS) is 11.9. The lowest BCUT2D eigenvalue weighted by molar-refractivity contribution is -0.124. The van der Waals surface area contributed by atoms with E-state index in [9.17, 15) is 9.59 Å². The van der Waals surface area contributed by atoms with Crippen LogP contribution in [0.15, 0.2) is 59.1 Å². The van der Waals surface area contributed by atoms with E-state index < -0.39 is 5.97 Å². The highest BCUT2D eigenvalue weighted by molar-refractivity contribution is 9.10. The molecule has 3 rings (SSSR count). The number of aromatic nitrogens is 1. The first-order valence-corrected chi connectivity index (χ1v) is 8.62. The summed E-state index contributed by atoms with van der Waals surface area (Å²) in [5, 5.41) is 3.73. The highest BCUT2D eigenvalue weighted by Crippen LogP contribution is 2.22. The van der Waals surface area contributed by atoms with Crippen molar-refractivity contribution in [3.63, 3.8) is 0 Å². The Hall–Kier alpha value is -2.60. The Morgan fingerprint density at radius 2 is 1.88 bits per heavy atom. The number of H-pyrrole nitrogens is 1. The molecular formula is C19H17BrN2O3. The van der Waals surface area contributed by atoms with Crippen molar-refractivity contribution < 1.29 is 14.3 Å². The maximum atomic E-state index is 12.1. The zero-order valence-corrected chi connectivity index (χ0v) is 15.2. The van der Waals surface area contributed by atoms with Gasteiger partial charge in [-0.05, 0) is 30.7 Å². The van der Waals surface area contributed by atoms with Crippen molar-refractivity contribution in [1.82, 2.24) is 10.3 Å². The summed E-state index contributed by atoms with van der Waals surface area (Å²) in [6.45, 7) is 1.54. The number of carbonyl (C=O) groups is 2. The van der Waals surface area contributed by atoms with Gasteiger partial charge in [-0.1, -0.05) is 52.3 Å². The number of fused-ring (bicyclic) bond motifs is 1. The summed E-state index contributed by atoms with van der Waals surface area (Å²) < 4.78 is 6.01. The molecule has 2 aromatic carbocycles. The quantitative estimate of drug-likeness (QED) is 0.636. The van der Waals surface area contributed by atoms with E-state index in [1.54, 1.807) is 6.07 Å². The highest BCUT2D eigenvalue weighted by atomic mass is 79.9. The molecule has 0 spiro atoms. The van der Waals surface area contributed by atoms with E-state index in [0.717, 1.165) is 20.9 Å². The molecular weight excluding hydrogens is 384 g/mol. The number of halogens is 1. The molecule has 0 radical (unpaired) electrons. The molecule has 25 heavy (non-hydrogen) atoms. The molecule has 0 aliphatic rings. The number of rotatable bonds is 5. The maximum Gasteiger partial charge on any atom is 0.355 e. The molecule has 1 atom stereocenters. The summed E-state index contributed by atoms with van der Waals surface area (Å²) >= 11 is 3.46. The van der Waals surface area contributed by atoms with Crippen LogP contribution in [-0.2, 0) is 9.53 Å². The average Bonchev–Trinajstić information content (AvgIpc) is 3.04. The highest BCUT2D eigenvalue weighted by Gasteiger charge is 2.15. The Morgan fingerprint density at radius 3 is 2.64 bits per heavy atom. The third kappa shape index (κ3) is 4.09. The van der Waals surface area contributed by atoms with Crippen LogP contribution in [-0.4, -0.2) is 23.5 Å². The summed E-state index contributed by atoms with van der Waals surface area (Å²) in [6.07, 6.45) is 0. The van der Waals surface area contributed by atoms with Crippen LogP contribution in [0.5, 0.6) is 0 Å². The van der Waals surface area contributed by atoms with E-state index in [0.29, 0.717) is 5.69 Å². The van der Waals surface area contributed by atoms with Gasteiger partial charge in [-0.3, -0.25) is 4.79 Å². The average molecular weight is 401 g/mol. The number of nitrogens with one attached hydrogen (secondary N) is 2. The molecule has 5 nitrogen and oxygen atoms in total. The summed E-state index contributed by atoms with van der Waals surface area (Å²) in [5.74, 6) is -0.910. The summed E-state index contributed by atoms with van der Waals surface area (Å²) in [7, 11) is 0. The van der Waals surface area contributed by atoms with Crippen LogP contribution in [0.4, 0.5) is 0 Å². The van der Waals surface area contributed by atoms with Crippen molar-refractivity contribution in [2.45, 2.75) is 13.0 Å². The van der Waals surface area contributed by atoms with Crippen molar-refractivity contribution in [1.29, 1.82) is 0 Å². The molecule has 128 valence electrons. The molecule has 3 aromatic rings. The van der Waals surface area contributed by atoms with Crippen LogP contribution >= 0.6 is 15.9 Å². The van der Waals surface area contributed by atoms with Crippen LogP contribution < -0.4 is 5.32 Å². The van der Waals surface area contributed by atoms with Gasteiger partial charge in [0.05, 0.1) is 6.04 Å².